The van der Waals surface area contributed by atoms with Crippen molar-refractivity contribution in [1.29, 1.82) is 0 Å². The number of piperidine rings is 1. The number of carbonyl (C=O) groups is 1. The normalized spacial score (nSPS) is 16.6. The van der Waals surface area contributed by atoms with E-state index in [0.717, 1.165) is 19.0 Å². The van der Waals surface area contributed by atoms with Gasteiger partial charge in [-0.2, -0.15) is 0 Å². The molecule has 17 heavy (non-hydrogen) atoms. The molecule has 0 atom stereocenters. The Balaban J connectivity index is 2.08. The van der Waals surface area contributed by atoms with E-state index in [9.17, 15) is 9.18 Å². The number of terminal acetylenes is 1. The van der Waals surface area contributed by atoms with Crippen LogP contribution in [-0.4, -0.2) is 28.9 Å². The van der Waals surface area contributed by atoms with Gasteiger partial charge in [0, 0.05) is 25.2 Å². The van der Waals surface area contributed by atoms with Gasteiger partial charge in [-0.15, -0.1) is 12.3 Å². The maximum atomic E-state index is 13.4. The van der Waals surface area contributed by atoms with Crippen LogP contribution in [-0.2, 0) is 0 Å². The summed E-state index contributed by atoms with van der Waals surface area (Å²) in [5.41, 5.74) is 0.0826. The van der Waals surface area contributed by atoms with Crippen LogP contribution in [0.4, 0.5) is 4.39 Å². The number of hydrogen-bond donors (Lipinski definition) is 0. The fraction of sp³-hybridized carbons (Fsp3) is 0.385. The SMILES string of the molecule is C#CC1CCN(C(=O)c2ccncc2F)CC1. The van der Waals surface area contributed by atoms with E-state index in [4.69, 9.17) is 6.42 Å². The summed E-state index contributed by atoms with van der Waals surface area (Å²) in [7, 11) is 0. The van der Waals surface area contributed by atoms with Crippen molar-refractivity contribution in [3.63, 3.8) is 0 Å². The maximum Gasteiger partial charge on any atom is 0.256 e. The summed E-state index contributed by atoms with van der Waals surface area (Å²) in [4.78, 5) is 17.3. The van der Waals surface area contributed by atoms with Crippen molar-refractivity contribution < 1.29 is 9.18 Å². The van der Waals surface area contributed by atoms with Crippen LogP contribution < -0.4 is 0 Å². The Morgan fingerprint density at radius 3 is 2.82 bits per heavy atom. The third-order valence-electron chi connectivity index (χ3n) is 3.02. The standard InChI is InChI=1S/C13H13FN2O/c1-2-10-4-7-16(8-5-10)13(17)11-3-6-15-9-12(11)14/h1,3,6,9-10H,4-5,7-8H2. The quantitative estimate of drug-likeness (QED) is 0.690. The third kappa shape index (κ3) is 2.44. The summed E-state index contributed by atoms with van der Waals surface area (Å²) in [5, 5.41) is 0. The molecule has 0 spiro atoms. The predicted octanol–water partition coefficient (Wildman–Crippen LogP) is 1.71. The predicted molar refractivity (Wildman–Crippen MR) is 61.7 cm³/mol. The molecule has 0 saturated carbocycles. The third-order valence-corrected chi connectivity index (χ3v) is 3.02. The number of nitrogens with zero attached hydrogens (tertiary/aromatic N) is 2. The van der Waals surface area contributed by atoms with Gasteiger partial charge in [-0.25, -0.2) is 4.39 Å². The van der Waals surface area contributed by atoms with E-state index in [1.54, 1.807) is 4.90 Å². The van der Waals surface area contributed by atoms with Crippen molar-refractivity contribution in [3.05, 3.63) is 29.8 Å². The number of halogens is 1. The highest BCUT2D eigenvalue weighted by molar-refractivity contribution is 5.94. The van der Waals surface area contributed by atoms with Crippen molar-refractivity contribution in [1.82, 2.24) is 9.88 Å². The summed E-state index contributed by atoms with van der Waals surface area (Å²) in [6.45, 7) is 1.19. The molecular formula is C13H13FN2O. The summed E-state index contributed by atoms with van der Waals surface area (Å²) in [6.07, 6.45) is 9.39. The van der Waals surface area contributed by atoms with Gasteiger partial charge in [0.25, 0.3) is 5.91 Å². The second-order valence-corrected chi connectivity index (χ2v) is 4.09. The van der Waals surface area contributed by atoms with E-state index in [0.29, 0.717) is 13.1 Å². The van der Waals surface area contributed by atoms with Gasteiger partial charge in [-0.1, -0.05) is 0 Å². The maximum absolute atomic E-state index is 13.4. The monoisotopic (exact) mass is 232 g/mol. The molecule has 2 heterocycles. The number of carbonyl (C=O) groups excluding carboxylic acids is 1. The molecule has 0 aliphatic carbocycles. The van der Waals surface area contributed by atoms with Crippen LogP contribution in [0.3, 0.4) is 0 Å². The number of hydrogen-bond acceptors (Lipinski definition) is 2. The van der Waals surface area contributed by atoms with Crippen LogP contribution in [0.5, 0.6) is 0 Å². The zero-order valence-corrected chi connectivity index (χ0v) is 9.40. The molecule has 2 rings (SSSR count). The molecule has 1 aliphatic rings. The zero-order valence-electron chi connectivity index (χ0n) is 9.40. The van der Waals surface area contributed by atoms with Gasteiger partial charge in [0.2, 0.25) is 0 Å². The highest BCUT2D eigenvalue weighted by Gasteiger charge is 2.24. The number of likely N-dealkylation sites (tertiary alicyclic amines) is 1. The second-order valence-electron chi connectivity index (χ2n) is 4.09. The van der Waals surface area contributed by atoms with Crippen molar-refractivity contribution in [2.75, 3.05) is 13.1 Å². The lowest BCUT2D eigenvalue weighted by Crippen LogP contribution is -2.38. The first kappa shape index (κ1) is 11.6. The number of rotatable bonds is 1. The molecule has 1 amide bonds. The van der Waals surface area contributed by atoms with Crippen molar-refractivity contribution in [2.24, 2.45) is 5.92 Å². The molecule has 3 nitrogen and oxygen atoms in total. The largest absolute Gasteiger partial charge is 0.338 e. The van der Waals surface area contributed by atoms with Crippen molar-refractivity contribution >= 4 is 5.91 Å². The minimum atomic E-state index is -0.573. The van der Waals surface area contributed by atoms with Gasteiger partial charge in [0.15, 0.2) is 5.82 Å². The molecule has 0 aromatic carbocycles. The van der Waals surface area contributed by atoms with Gasteiger partial charge < -0.3 is 4.90 Å². The fourth-order valence-corrected chi connectivity index (χ4v) is 1.97. The van der Waals surface area contributed by atoms with Crippen LogP contribution in [0, 0.1) is 24.1 Å². The van der Waals surface area contributed by atoms with Gasteiger partial charge in [-0.3, -0.25) is 9.78 Å². The van der Waals surface area contributed by atoms with Crippen LogP contribution in [0.15, 0.2) is 18.5 Å². The molecule has 1 aromatic rings. The Morgan fingerprint density at radius 1 is 1.53 bits per heavy atom. The number of amides is 1. The minimum Gasteiger partial charge on any atom is -0.338 e. The summed E-state index contributed by atoms with van der Waals surface area (Å²) in [5.74, 6) is 2.08. The average molecular weight is 232 g/mol. The van der Waals surface area contributed by atoms with E-state index in [1.165, 1.54) is 12.3 Å². The van der Waals surface area contributed by atoms with Crippen LogP contribution in [0.25, 0.3) is 0 Å². The van der Waals surface area contributed by atoms with Gasteiger partial charge in [0.05, 0.1) is 11.8 Å². The van der Waals surface area contributed by atoms with E-state index in [-0.39, 0.29) is 17.4 Å². The highest BCUT2D eigenvalue weighted by atomic mass is 19.1. The van der Waals surface area contributed by atoms with Crippen molar-refractivity contribution in [3.8, 4) is 12.3 Å². The molecule has 1 fully saturated rings. The molecular weight excluding hydrogens is 219 g/mol. The molecule has 0 unspecified atom stereocenters. The molecule has 0 bridgehead atoms. The zero-order chi connectivity index (χ0) is 12.3. The van der Waals surface area contributed by atoms with Gasteiger partial charge in [0.1, 0.15) is 0 Å². The first-order valence-electron chi connectivity index (χ1n) is 5.57. The smallest absolute Gasteiger partial charge is 0.256 e. The highest BCUT2D eigenvalue weighted by Crippen LogP contribution is 2.18. The molecule has 0 radical (unpaired) electrons. The molecule has 0 N–H and O–H groups in total. The Hall–Kier alpha value is -1.89. The fourth-order valence-electron chi connectivity index (χ4n) is 1.97. The molecule has 4 heteroatoms. The molecule has 1 saturated heterocycles. The Morgan fingerprint density at radius 2 is 2.24 bits per heavy atom. The molecule has 1 aromatic heterocycles. The van der Waals surface area contributed by atoms with E-state index < -0.39 is 5.82 Å². The van der Waals surface area contributed by atoms with E-state index in [1.807, 2.05) is 0 Å². The Bertz CT molecular complexity index is 459. The number of pyridine rings is 1. The first-order valence-corrected chi connectivity index (χ1v) is 5.57. The minimum absolute atomic E-state index is 0.0826. The lowest BCUT2D eigenvalue weighted by atomic mass is 9.97. The second kappa shape index (κ2) is 4.96. The number of aromatic nitrogens is 1. The van der Waals surface area contributed by atoms with E-state index >= 15 is 0 Å². The van der Waals surface area contributed by atoms with Gasteiger partial charge >= 0.3 is 0 Å². The van der Waals surface area contributed by atoms with Crippen molar-refractivity contribution in [2.45, 2.75) is 12.8 Å². The lowest BCUT2D eigenvalue weighted by Gasteiger charge is -2.29. The van der Waals surface area contributed by atoms with E-state index in [2.05, 4.69) is 10.9 Å². The Kier molecular flexibility index (Phi) is 3.38. The van der Waals surface area contributed by atoms with Crippen LogP contribution >= 0.6 is 0 Å². The molecule has 88 valence electrons. The Labute approximate surface area is 99.7 Å². The summed E-state index contributed by atoms with van der Waals surface area (Å²) >= 11 is 0. The average Bonchev–Trinajstić information content (AvgIpc) is 2.39. The molecule has 1 aliphatic heterocycles. The lowest BCUT2D eigenvalue weighted by molar-refractivity contribution is 0.0703. The summed E-state index contributed by atoms with van der Waals surface area (Å²) in [6, 6.07) is 1.41. The van der Waals surface area contributed by atoms with Crippen LogP contribution in [0.2, 0.25) is 0 Å². The van der Waals surface area contributed by atoms with Crippen LogP contribution in [0.1, 0.15) is 23.2 Å². The topological polar surface area (TPSA) is 33.2 Å². The summed E-state index contributed by atoms with van der Waals surface area (Å²) < 4.78 is 13.4. The first-order chi connectivity index (χ1) is 8.22. The van der Waals surface area contributed by atoms with Gasteiger partial charge in [-0.05, 0) is 18.9 Å².